The molecule has 9 heteroatoms. The van der Waals surface area contributed by atoms with Gasteiger partial charge in [-0.25, -0.2) is 0 Å². The van der Waals surface area contributed by atoms with Gasteiger partial charge in [0.15, 0.2) is 29.5 Å². The zero-order valence-corrected chi connectivity index (χ0v) is 20.4. The van der Waals surface area contributed by atoms with Crippen molar-refractivity contribution in [2.24, 2.45) is 0 Å². The third kappa shape index (κ3) is 3.35. The molecule has 31 heavy (non-hydrogen) atoms. The van der Waals surface area contributed by atoms with Crippen LogP contribution in [-0.2, 0) is 58.9 Å². The van der Waals surface area contributed by atoms with Crippen molar-refractivity contribution in [3.8, 4) is 11.5 Å². The predicted molar refractivity (Wildman–Crippen MR) is 106 cm³/mol. The number of hydrogen-bond acceptors (Lipinski definition) is 7. The second-order valence-corrected chi connectivity index (χ2v) is 8.15. The van der Waals surface area contributed by atoms with Crippen molar-refractivity contribution in [1.82, 2.24) is 4.90 Å². The Kier molecular flexibility index (Phi) is 6.42. The standard InChI is InChI=1S/C20H22NO5.C2H3O2.Y/c1-11(22)25-14-6-7-20(23)15-10-12-4-5-13(24-3)17-16(12)19(20,18(14)26-17)8-9-21(15)2;1-2(3)4;/h4-6,15,18,23H,1,7-10H2,2-3H3;1H2,(H,3,4);/q2*-1;/t15-,18-,19-,20+;;/m0../s1. The summed E-state index contributed by atoms with van der Waals surface area (Å²) in [6.45, 7) is 6.73. The maximum Gasteiger partial charge on any atom is 0.172 e. The molecule has 4 aliphatic rings. The number of likely N-dealkylation sites (N-methyl/N-ethyl adjacent to an activating group) is 1. The fourth-order valence-corrected chi connectivity index (χ4v) is 5.72. The fourth-order valence-electron chi connectivity index (χ4n) is 5.72. The molecule has 0 unspecified atom stereocenters. The van der Waals surface area contributed by atoms with E-state index in [1.165, 1.54) is 5.56 Å². The minimum atomic E-state index is -1.08. The summed E-state index contributed by atoms with van der Waals surface area (Å²) in [5, 5.41) is 19.2. The molecule has 1 aromatic rings. The molecule has 0 amide bonds. The fraction of sp³-hybridized carbons (Fsp3) is 0.455. The minimum absolute atomic E-state index is 0. The largest absolute Gasteiger partial charge is 0.503 e. The van der Waals surface area contributed by atoms with Gasteiger partial charge in [0, 0.05) is 50.7 Å². The number of esters is 1. The van der Waals surface area contributed by atoms with Crippen LogP contribution in [-0.4, -0.2) is 65.5 Å². The summed E-state index contributed by atoms with van der Waals surface area (Å²) in [4.78, 5) is 22.7. The Morgan fingerprint density at radius 1 is 1.32 bits per heavy atom. The molecule has 2 aliphatic carbocycles. The van der Waals surface area contributed by atoms with E-state index in [4.69, 9.17) is 24.1 Å². The van der Waals surface area contributed by atoms with E-state index < -0.39 is 29.1 Å². The topological polar surface area (TPSA) is 106 Å². The molecule has 2 heterocycles. The number of rotatable bonds is 2. The van der Waals surface area contributed by atoms with Crippen molar-refractivity contribution in [2.75, 3.05) is 20.7 Å². The molecule has 2 N–H and O–H groups in total. The van der Waals surface area contributed by atoms with E-state index in [9.17, 15) is 9.90 Å². The van der Waals surface area contributed by atoms with Gasteiger partial charge in [0.1, 0.15) is 5.76 Å². The molecule has 0 saturated carbocycles. The molecule has 165 valence electrons. The molecule has 1 saturated heterocycles. The first kappa shape index (κ1) is 23.9. The van der Waals surface area contributed by atoms with Crippen LogP contribution in [0.15, 0.2) is 24.0 Å². The van der Waals surface area contributed by atoms with Crippen molar-refractivity contribution in [3.63, 3.8) is 0 Å². The van der Waals surface area contributed by atoms with Crippen LogP contribution in [0.2, 0.25) is 0 Å². The Bertz CT molecular complexity index is 944. The van der Waals surface area contributed by atoms with E-state index in [-0.39, 0.29) is 38.8 Å². The Hall–Kier alpha value is -1.74. The zero-order chi connectivity index (χ0) is 21.8. The minimum Gasteiger partial charge on any atom is -0.503 e. The zero-order valence-electron chi connectivity index (χ0n) is 17.6. The molecule has 5 rings (SSSR count). The number of piperidine rings is 1. The van der Waals surface area contributed by atoms with Gasteiger partial charge in [-0.2, -0.15) is 0 Å². The number of carbonyl (C=O) groups is 2. The molecule has 1 aromatic carbocycles. The van der Waals surface area contributed by atoms with E-state index in [0.717, 1.165) is 24.9 Å². The monoisotopic (exact) mass is 504 g/mol. The molecule has 8 nitrogen and oxygen atoms in total. The summed E-state index contributed by atoms with van der Waals surface area (Å²) in [5.74, 6) is 0.0612. The molecule has 0 aromatic heterocycles. The van der Waals surface area contributed by atoms with Gasteiger partial charge in [-0.3, -0.25) is 23.4 Å². The van der Waals surface area contributed by atoms with Crippen LogP contribution < -0.4 is 9.47 Å². The van der Waals surface area contributed by atoms with Crippen LogP contribution in [0.1, 0.15) is 24.0 Å². The van der Waals surface area contributed by atoms with Gasteiger partial charge in [0.25, 0.3) is 0 Å². The van der Waals surface area contributed by atoms with Crippen molar-refractivity contribution >= 4 is 11.9 Å². The van der Waals surface area contributed by atoms with Gasteiger partial charge in [-0.15, -0.1) is 0 Å². The van der Waals surface area contributed by atoms with Gasteiger partial charge in [-0.05, 0) is 44.1 Å². The smallest absolute Gasteiger partial charge is 0.172 e. The molecular weight excluding hydrogens is 479 g/mol. The number of carbonyl (C=O) groups excluding carboxylic acids is 1. The number of aliphatic hydroxyl groups is 1. The maximum absolute atomic E-state index is 11.9. The van der Waals surface area contributed by atoms with Gasteiger partial charge in [0.05, 0.1) is 18.1 Å². The molecule has 1 radical (unpaired) electrons. The summed E-state index contributed by atoms with van der Waals surface area (Å²) >= 11 is 0. The average molecular weight is 504 g/mol. The van der Waals surface area contributed by atoms with Crippen molar-refractivity contribution in [3.05, 3.63) is 48.9 Å². The van der Waals surface area contributed by atoms with Crippen LogP contribution >= 0.6 is 0 Å². The quantitative estimate of drug-likeness (QED) is 0.458. The maximum atomic E-state index is 11.9. The average Bonchev–Trinajstić information content (AvgIpc) is 3.01. The Morgan fingerprint density at radius 3 is 2.61 bits per heavy atom. The van der Waals surface area contributed by atoms with Crippen molar-refractivity contribution in [1.29, 1.82) is 0 Å². The van der Waals surface area contributed by atoms with E-state index in [1.807, 2.05) is 6.07 Å². The summed E-state index contributed by atoms with van der Waals surface area (Å²) < 4.78 is 17.3. The second-order valence-electron chi connectivity index (χ2n) is 8.15. The van der Waals surface area contributed by atoms with Crippen LogP contribution in [0.4, 0.5) is 0 Å². The van der Waals surface area contributed by atoms with Gasteiger partial charge < -0.3 is 29.3 Å². The first-order chi connectivity index (χ1) is 14.2. The molecule has 2 bridgehead atoms. The Balaban J connectivity index is 0.000000504. The first-order valence-electron chi connectivity index (χ1n) is 9.74. The SMILES string of the molecule is [CH2-]C(=O)O.[CH2-]C(=O)OC1=CC[C@@]2(O)[C@@H]3Cc4ccc(OC)c5c4[C@@]2(CCN3C)[C@H]1O5.[Y]. The second kappa shape index (κ2) is 8.32. The number of aliphatic carboxylic acids is 1. The Morgan fingerprint density at radius 2 is 2.00 bits per heavy atom. The van der Waals surface area contributed by atoms with Crippen LogP contribution in [0.3, 0.4) is 0 Å². The number of ether oxygens (including phenoxy) is 3. The normalized spacial score (nSPS) is 31.5. The number of likely N-dealkylation sites (tertiary alicyclic amines) is 1. The van der Waals surface area contributed by atoms with Crippen molar-refractivity contribution in [2.45, 2.75) is 42.4 Å². The van der Waals surface area contributed by atoms with Crippen LogP contribution in [0.25, 0.3) is 0 Å². The summed E-state index contributed by atoms with van der Waals surface area (Å²) in [6, 6.07) is 3.98. The number of nitrogens with zero attached hydrogens (tertiary/aromatic N) is 1. The third-order valence-corrected chi connectivity index (χ3v) is 6.79. The molecular formula is C22H25NO7Y-2. The molecule has 1 spiro atoms. The molecule has 1 fully saturated rings. The summed E-state index contributed by atoms with van der Waals surface area (Å²) in [7, 11) is 3.67. The molecule has 2 aliphatic heterocycles. The van der Waals surface area contributed by atoms with E-state index >= 15 is 0 Å². The number of carboxylic acids is 1. The van der Waals surface area contributed by atoms with Gasteiger partial charge in [-0.1, -0.05) is 6.07 Å². The predicted octanol–water partition coefficient (Wildman–Crippen LogP) is 1.25. The Labute approximate surface area is 206 Å². The molecule has 4 atom stereocenters. The van der Waals surface area contributed by atoms with Crippen LogP contribution in [0.5, 0.6) is 11.5 Å². The summed E-state index contributed by atoms with van der Waals surface area (Å²) in [6.07, 6.45) is 3.14. The summed E-state index contributed by atoms with van der Waals surface area (Å²) in [5.41, 5.74) is 0.583. The van der Waals surface area contributed by atoms with E-state index in [2.05, 4.69) is 31.9 Å². The number of carboxylic acid groups (broad SMARTS) is 1. The van der Waals surface area contributed by atoms with E-state index in [0.29, 0.717) is 23.7 Å². The number of benzene rings is 1. The first-order valence-corrected chi connectivity index (χ1v) is 9.74. The van der Waals surface area contributed by atoms with Crippen LogP contribution in [0, 0.1) is 13.8 Å². The third-order valence-electron chi connectivity index (χ3n) is 6.79. The number of hydrogen-bond donors (Lipinski definition) is 2. The van der Waals surface area contributed by atoms with Gasteiger partial charge >= 0.3 is 0 Å². The van der Waals surface area contributed by atoms with Crippen molar-refractivity contribution < 1.29 is 66.7 Å². The van der Waals surface area contributed by atoms with E-state index in [1.54, 1.807) is 13.2 Å². The number of methoxy groups -OCH3 is 1. The van der Waals surface area contributed by atoms with Gasteiger partial charge in [0.2, 0.25) is 0 Å².